The molecule has 0 spiro atoms. The van der Waals surface area contributed by atoms with Crippen LogP contribution in [0, 0.1) is 0 Å². The van der Waals surface area contributed by atoms with E-state index in [1.54, 1.807) is 12.1 Å². The second-order valence-electron chi connectivity index (χ2n) is 6.91. The molecule has 0 aliphatic carbocycles. The number of anilines is 1. The van der Waals surface area contributed by atoms with Gasteiger partial charge >= 0.3 is 41.7 Å². The van der Waals surface area contributed by atoms with Crippen molar-refractivity contribution in [3.05, 3.63) is 35.2 Å². The Morgan fingerprint density at radius 2 is 1.29 bits per heavy atom. The molecule has 1 aromatic carbocycles. The smallest absolute Gasteiger partial charge is 0.296 e. The van der Waals surface area contributed by atoms with E-state index in [2.05, 4.69) is 4.98 Å². The van der Waals surface area contributed by atoms with E-state index in [0.29, 0.717) is 23.3 Å². The van der Waals surface area contributed by atoms with Gasteiger partial charge in [0.25, 0.3) is 0 Å². The SMILES string of the molecule is CCc1ccc(-c2csc(NC(=O)C(F)(F)C(F)(F)C(F)(F)C(F)(F)C(F)(F)C(F)(F)F)n2)cc1. The van der Waals surface area contributed by atoms with Crippen molar-refractivity contribution in [1.82, 2.24) is 4.98 Å². The second kappa shape index (κ2) is 8.81. The van der Waals surface area contributed by atoms with Gasteiger partial charge in [0.15, 0.2) is 5.13 Å². The summed E-state index contributed by atoms with van der Waals surface area (Å²) in [6.07, 6.45) is -6.89. The summed E-state index contributed by atoms with van der Waals surface area (Å²) in [5.74, 6) is -42.0. The summed E-state index contributed by atoms with van der Waals surface area (Å²) in [6, 6.07) is 6.23. The van der Waals surface area contributed by atoms with Gasteiger partial charge in [-0.1, -0.05) is 31.2 Å². The molecule has 17 heteroatoms. The molecule has 1 aromatic heterocycles. The Hall–Kier alpha value is -2.59. The van der Waals surface area contributed by atoms with Crippen molar-refractivity contribution >= 4 is 22.4 Å². The predicted molar refractivity (Wildman–Crippen MR) is 96.3 cm³/mol. The van der Waals surface area contributed by atoms with E-state index >= 15 is 0 Å². The molecule has 35 heavy (non-hydrogen) atoms. The van der Waals surface area contributed by atoms with Crippen LogP contribution in [0.3, 0.4) is 0 Å². The van der Waals surface area contributed by atoms with Gasteiger partial charge in [0.05, 0.1) is 5.69 Å². The van der Waals surface area contributed by atoms with Gasteiger partial charge in [0.1, 0.15) is 0 Å². The number of carbonyl (C=O) groups is 1. The summed E-state index contributed by atoms with van der Waals surface area (Å²) in [5, 5.41) is 1.12. The summed E-state index contributed by atoms with van der Waals surface area (Å²) in [5.41, 5.74) is 1.18. The van der Waals surface area contributed by atoms with Crippen LogP contribution in [0.25, 0.3) is 11.3 Å². The third-order valence-electron chi connectivity index (χ3n) is 4.60. The molecule has 0 aliphatic rings. The number of rotatable bonds is 8. The number of nitrogens with zero attached hydrogens (tertiary/aromatic N) is 1. The summed E-state index contributed by atoms with van der Waals surface area (Å²) in [4.78, 5) is 15.1. The van der Waals surface area contributed by atoms with E-state index < -0.39 is 46.8 Å². The fourth-order valence-electron chi connectivity index (χ4n) is 2.46. The Morgan fingerprint density at radius 1 is 0.800 bits per heavy atom. The lowest BCUT2D eigenvalue weighted by atomic mass is 9.93. The van der Waals surface area contributed by atoms with E-state index in [4.69, 9.17) is 0 Å². The quantitative estimate of drug-likeness (QED) is 0.358. The molecule has 0 fully saturated rings. The molecular formula is C18H11F13N2OS. The van der Waals surface area contributed by atoms with Gasteiger partial charge in [-0.2, -0.15) is 57.1 Å². The van der Waals surface area contributed by atoms with Crippen molar-refractivity contribution in [3.8, 4) is 11.3 Å². The predicted octanol–water partition coefficient (Wildman–Crippen LogP) is 7.05. The maximum atomic E-state index is 13.9. The number of benzene rings is 1. The Morgan fingerprint density at radius 3 is 1.74 bits per heavy atom. The van der Waals surface area contributed by atoms with E-state index in [0.717, 1.165) is 16.3 Å². The summed E-state index contributed by atoms with van der Waals surface area (Å²) >= 11 is 0.304. The number of hydrogen-bond acceptors (Lipinski definition) is 3. The minimum atomic E-state index is -8.08. The monoisotopic (exact) mass is 550 g/mol. The van der Waals surface area contributed by atoms with Gasteiger partial charge in [0.2, 0.25) is 0 Å². The first-order valence-electron chi connectivity index (χ1n) is 8.97. The van der Waals surface area contributed by atoms with Gasteiger partial charge in [-0.15, -0.1) is 11.3 Å². The number of halogens is 13. The molecule has 196 valence electrons. The van der Waals surface area contributed by atoms with Gasteiger partial charge in [-0.05, 0) is 12.0 Å². The third-order valence-corrected chi connectivity index (χ3v) is 5.36. The van der Waals surface area contributed by atoms with Crippen LogP contribution >= 0.6 is 11.3 Å². The Balaban J connectivity index is 2.34. The maximum absolute atomic E-state index is 13.9. The van der Waals surface area contributed by atoms with Crippen LogP contribution in [0.2, 0.25) is 0 Å². The minimum Gasteiger partial charge on any atom is -0.296 e. The number of aromatic nitrogens is 1. The molecule has 0 radical (unpaired) electrons. The number of alkyl halides is 13. The molecule has 0 atom stereocenters. The largest absolute Gasteiger partial charge is 0.460 e. The number of nitrogens with one attached hydrogen (secondary N) is 1. The minimum absolute atomic E-state index is 0.0234. The number of aryl methyl sites for hydroxylation is 1. The molecule has 3 nitrogen and oxygen atoms in total. The second-order valence-corrected chi connectivity index (χ2v) is 7.77. The molecule has 1 amide bonds. The number of amides is 1. The van der Waals surface area contributed by atoms with Crippen LogP contribution < -0.4 is 5.32 Å². The summed E-state index contributed by atoms with van der Waals surface area (Å²) < 4.78 is 171. The maximum Gasteiger partial charge on any atom is 0.460 e. The molecule has 2 rings (SSSR count). The number of carbonyl (C=O) groups excluding carboxylic acids is 1. The lowest BCUT2D eigenvalue weighted by Gasteiger charge is -2.39. The average Bonchev–Trinajstić information content (AvgIpc) is 3.20. The first-order valence-corrected chi connectivity index (χ1v) is 9.85. The van der Waals surface area contributed by atoms with Crippen molar-refractivity contribution in [1.29, 1.82) is 0 Å². The molecule has 0 saturated carbocycles. The highest BCUT2D eigenvalue weighted by atomic mass is 32.1. The van der Waals surface area contributed by atoms with Crippen LogP contribution in [0.1, 0.15) is 12.5 Å². The van der Waals surface area contributed by atoms with Crippen LogP contribution in [-0.4, -0.2) is 46.7 Å². The summed E-state index contributed by atoms with van der Waals surface area (Å²) in [6.45, 7) is 1.82. The molecule has 0 saturated heterocycles. The topological polar surface area (TPSA) is 42.0 Å². The first-order chi connectivity index (χ1) is 15.6. The van der Waals surface area contributed by atoms with Crippen molar-refractivity contribution < 1.29 is 61.9 Å². The molecule has 0 bridgehead atoms. The van der Waals surface area contributed by atoms with Crippen LogP contribution in [0.4, 0.5) is 62.2 Å². The van der Waals surface area contributed by atoms with Crippen LogP contribution in [0.15, 0.2) is 29.6 Å². The van der Waals surface area contributed by atoms with Crippen molar-refractivity contribution in [2.75, 3.05) is 5.32 Å². The van der Waals surface area contributed by atoms with Gasteiger partial charge in [-0.3, -0.25) is 10.1 Å². The van der Waals surface area contributed by atoms with Gasteiger partial charge in [0, 0.05) is 10.9 Å². The van der Waals surface area contributed by atoms with E-state index in [9.17, 15) is 61.9 Å². The molecule has 0 unspecified atom stereocenters. The molecule has 1 N–H and O–H groups in total. The molecule has 0 aliphatic heterocycles. The lowest BCUT2D eigenvalue weighted by molar-refractivity contribution is -0.435. The highest BCUT2D eigenvalue weighted by molar-refractivity contribution is 7.14. The van der Waals surface area contributed by atoms with Crippen molar-refractivity contribution in [2.24, 2.45) is 0 Å². The van der Waals surface area contributed by atoms with Crippen molar-refractivity contribution in [2.45, 2.75) is 49.1 Å². The normalized spacial score (nSPS) is 14.2. The summed E-state index contributed by atoms with van der Waals surface area (Å²) in [7, 11) is 0. The third kappa shape index (κ3) is 4.53. The molecule has 1 heterocycles. The first kappa shape index (κ1) is 28.6. The highest BCUT2D eigenvalue weighted by Crippen LogP contribution is 2.60. The van der Waals surface area contributed by atoms with E-state index in [1.165, 1.54) is 12.1 Å². The fourth-order valence-corrected chi connectivity index (χ4v) is 3.18. The van der Waals surface area contributed by atoms with E-state index in [-0.39, 0.29) is 5.69 Å². The standard InChI is InChI=1S/C18H11F13N2OS/c1-2-8-3-5-9(6-4-8)10-7-35-12(32-10)33-11(34)13(19,20)14(21,22)15(23,24)16(25,26)17(27,28)18(29,30)31/h3-7H,2H2,1H3,(H,32,33,34). The number of thiazole rings is 1. The fraction of sp³-hybridized carbons (Fsp3) is 0.444. The van der Waals surface area contributed by atoms with Gasteiger partial charge < -0.3 is 0 Å². The highest BCUT2D eigenvalue weighted by Gasteiger charge is 2.91. The zero-order chi connectivity index (χ0) is 27.3. The van der Waals surface area contributed by atoms with E-state index in [1.807, 2.05) is 6.92 Å². The molecule has 2 aromatic rings. The van der Waals surface area contributed by atoms with Gasteiger partial charge in [-0.25, -0.2) is 4.98 Å². The zero-order valence-electron chi connectivity index (χ0n) is 16.8. The Bertz CT molecular complexity index is 1060. The average molecular weight is 550 g/mol. The molecular weight excluding hydrogens is 539 g/mol. The Kier molecular flexibility index (Phi) is 7.21. The van der Waals surface area contributed by atoms with Crippen LogP contribution in [0.5, 0.6) is 0 Å². The van der Waals surface area contributed by atoms with Crippen molar-refractivity contribution in [3.63, 3.8) is 0 Å². The van der Waals surface area contributed by atoms with Crippen LogP contribution in [-0.2, 0) is 11.2 Å². The zero-order valence-corrected chi connectivity index (χ0v) is 17.6. The Labute approximate surface area is 190 Å². The lowest BCUT2D eigenvalue weighted by Crippen LogP contribution is -2.71. The number of hydrogen-bond donors (Lipinski definition) is 1.